The van der Waals surface area contributed by atoms with Crippen LogP contribution < -0.4 is 14.2 Å². The van der Waals surface area contributed by atoms with Gasteiger partial charge in [0, 0.05) is 6.08 Å². The van der Waals surface area contributed by atoms with E-state index in [4.69, 9.17) is 9.47 Å². The van der Waals surface area contributed by atoms with Crippen LogP contribution in [0.5, 0.6) is 17.2 Å². The van der Waals surface area contributed by atoms with Crippen LogP contribution in [0.1, 0.15) is 22.3 Å². The molecule has 0 radical (unpaired) electrons. The van der Waals surface area contributed by atoms with E-state index in [2.05, 4.69) is 4.74 Å². The van der Waals surface area contributed by atoms with E-state index in [1.165, 1.54) is 37.5 Å². The third-order valence-electron chi connectivity index (χ3n) is 3.89. The fourth-order valence-corrected chi connectivity index (χ4v) is 2.36. The first kappa shape index (κ1) is 19.4. The van der Waals surface area contributed by atoms with Crippen molar-refractivity contribution < 1.29 is 27.8 Å². The summed E-state index contributed by atoms with van der Waals surface area (Å²) in [6.07, 6.45) is 2.78. The van der Waals surface area contributed by atoms with Crippen molar-refractivity contribution in [2.75, 3.05) is 7.11 Å². The van der Waals surface area contributed by atoms with E-state index < -0.39 is 12.6 Å². The van der Waals surface area contributed by atoms with E-state index in [1.807, 2.05) is 32.9 Å². The van der Waals surface area contributed by atoms with E-state index in [-0.39, 0.29) is 11.5 Å². The quantitative estimate of drug-likeness (QED) is 0.419. The Hall–Kier alpha value is -2.89. The fourth-order valence-electron chi connectivity index (χ4n) is 2.36. The minimum Gasteiger partial charge on any atom is -0.493 e. The molecule has 0 bridgehead atoms. The normalized spacial score (nSPS) is 11.0. The lowest BCUT2D eigenvalue weighted by Gasteiger charge is -2.11. The number of alkyl halides is 2. The highest BCUT2D eigenvalue weighted by molar-refractivity contribution is 5.89. The predicted octanol–water partition coefficient (Wildman–Crippen LogP) is 4.84. The zero-order valence-electron chi connectivity index (χ0n) is 15.0. The largest absolute Gasteiger partial charge is 0.493 e. The molecule has 2 rings (SSSR count). The Bertz CT molecular complexity index is 829. The second kappa shape index (κ2) is 8.47. The molecule has 0 N–H and O–H groups in total. The van der Waals surface area contributed by atoms with Crippen LogP contribution in [0.4, 0.5) is 8.78 Å². The Morgan fingerprint density at radius 3 is 2.38 bits per heavy atom. The van der Waals surface area contributed by atoms with Crippen LogP contribution in [-0.4, -0.2) is 19.7 Å². The van der Waals surface area contributed by atoms with E-state index >= 15 is 0 Å². The Balaban J connectivity index is 2.14. The Kier molecular flexibility index (Phi) is 6.33. The summed E-state index contributed by atoms with van der Waals surface area (Å²) in [5.41, 5.74) is 3.38. The Morgan fingerprint density at radius 1 is 1.04 bits per heavy atom. The Morgan fingerprint density at radius 2 is 1.73 bits per heavy atom. The van der Waals surface area contributed by atoms with E-state index in [0.717, 1.165) is 16.7 Å². The van der Waals surface area contributed by atoms with Crippen LogP contribution in [0.2, 0.25) is 0 Å². The summed E-state index contributed by atoms with van der Waals surface area (Å²) in [5.74, 6) is 0.0750. The molecule has 0 fully saturated rings. The molecule has 0 aliphatic carbocycles. The lowest BCUT2D eigenvalue weighted by atomic mass is 10.1. The van der Waals surface area contributed by atoms with Crippen molar-refractivity contribution in [2.24, 2.45) is 0 Å². The Labute approximate surface area is 151 Å². The maximum absolute atomic E-state index is 12.3. The van der Waals surface area contributed by atoms with Gasteiger partial charge in [0.25, 0.3) is 0 Å². The van der Waals surface area contributed by atoms with Crippen LogP contribution in [0, 0.1) is 20.8 Å². The second-order valence-electron chi connectivity index (χ2n) is 5.70. The van der Waals surface area contributed by atoms with Gasteiger partial charge in [-0.05, 0) is 61.2 Å². The average molecular weight is 362 g/mol. The molecule has 0 atom stereocenters. The van der Waals surface area contributed by atoms with Crippen molar-refractivity contribution in [1.82, 2.24) is 0 Å². The smallest absolute Gasteiger partial charge is 0.387 e. The SMILES string of the molecule is COc1cc(/C=C/C(=O)Oc2c(C)ccc(C)c2C)ccc1OC(F)F. The highest BCUT2D eigenvalue weighted by Crippen LogP contribution is 2.30. The highest BCUT2D eigenvalue weighted by atomic mass is 19.3. The molecule has 0 aliphatic heterocycles. The average Bonchev–Trinajstić information content (AvgIpc) is 2.60. The molecule has 26 heavy (non-hydrogen) atoms. The molecule has 0 unspecified atom stereocenters. The highest BCUT2D eigenvalue weighted by Gasteiger charge is 2.12. The summed E-state index contributed by atoms with van der Waals surface area (Å²) in [4.78, 5) is 12.1. The minimum atomic E-state index is -2.94. The molecule has 0 spiro atoms. The summed E-state index contributed by atoms with van der Waals surface area (Å²) in [7, 11) is 1.35. The van der Waals surface area contributed by atoms with Gasteiger partial charge in [-0.1, -0.05) is 18.2 Å². The molecule has 0 heterocycles. The maximum atomic E-state index is 12.3. The van der Waals surface area contributed by atoms with Crippen molar-refractivity contribution in [1.29, 1.82) is 0 Å². The van der Waals surface area contributed by atoms with E-state index in [9.17, 15) is 13.6 Å². The van der Waals surface area contributed by atoms with Crippen LogP contribution in [0.3, 0.4) is 0 Å². The number of hydrogen-bond donors (Lipinski definition) is 0. The van der Waals surface area contributed by atoms with Gasteiger partial charge in [-0.3, -0.25) is 0 Å². The van der Waals surface area contributed by atoms with Crippen LogP contribution in [-0.2, 0) is 4.79 Å². The maximum Gasteiger partial charge on any atom is 0.387 e. The molecule has 0 saturated heterocycles. The number of aryl methyl sites for hydroxylation is 2. The van der Waals surface area contributed by atoms with E-state index in [1.54, 1.807) is 0 Å². The first-order chi connectivity index (χ1) is 12.3. The third kappa shape index (κ3) is 4.81. The first-order valence-electron chi connectivity index (χ1n) is 7.91. The standard InChI is InChI=1S/C20H20F2O4/c1-12-5-6-13(2)19(14(12)3)26-18(23)10-8-15-7-9-16(25-20(21)22)17(11-15)24-4/h5-11,20H,1-4H3/b10-8+. The van der Waals surface area contributed by atoms with Gasteiger partial charge in [0.1, 0.15) is 5.75 Å². The van der Waals surface area contributed by atoms with Gasteiger partial charge in [-0.15, -0.1) is 0 Å². The lowest BCUT2D eigenvalue weighted by Crippen LogP contribution is -2.07. The van der Waals surface area contributed by atoms with Gasteiger partial charge in [0.2, 0.25) is 0 Å². The summed E-state index contributed by atoms with van der Waals surface area (Å²) >= 11 is 0. The van der Waals surface area contributed by atoms with Gasteiger partial charge in [0.05, 0.1) is 7.11 Å². The molecule has 0 amide bonds. The number of carbonyl (C=O) groups excluding carboxylic acids is 1. The summed E-state index contributed by atoms with van der Waals surface area (Å²) in [5, 5.41) is 0. The van der Waals surface area contributed by atoms with Gasteiger partial charge < -0.3 is 14.2 Å². The lowest BCUT2D eigenvalue weighted by molar-refractivity contribution is -0.129. The van der Waals surface area contributed by atoms with Crippen molar-refractivity contribution in [3.63, 3.8) is 0 Å². The monoisotopic (exact) mass is 362 g/mol. The first-order valence-corrected chi connectivity index (χ1v) is 7.91. The molecule has 0 aliphatic rings. The minimum absolute atomic E-state index is 0.0757. The van der Waals surface area contributed by atoms with Gasteiger partial charge in [-0.25, -0.2) is 4.79 Å². The molecule has 0 aromatic heterocycles. The van der Waals surface area contributed by atoms with Crippen molar-refractivity contribution in [3.8, 4) is 17.2 Å². The molecule has 0 saturated carbocycles. The molecule has 6 heteroatoms. The molecule has 4 nitrogen and oxygen atoms in total. The summed E-state index contributed by atoms with van der Waals surface area (Å²) in [6, 6.07) is 8.23. The second-order valence-corrected chi connectivity index (χ2v) is 5.70. The topological polar surface area (TPSA) is 44.8 Å². The molecular formula is C20H20F2O4. The van der Waals surface area contributed by atoms with E-state index in [0.29, 0.717) is 11.3 Å². The number of ether oxygens (including phenoxy) is 3. The number of carbonyl (C=O) groups is 1. The summed E-state index contributed by atoms with van der Waals surface area (Å²) in [6.45, 7) is 2.75. The molecule has 2 aromatic carbocycles. The molecule has 2 aromatic rings. The number of benzene rings is 2. The molecular weight excluding hydrogens is 342 g/mol. The van der Waals surface area contributed by atoms with Crippen molar-refractivity contribution >= 4 is 12.0 Å². The number of esters is 1. The predicted molar refractivity (Wildman–Crippen MR) is 94.9 cm³/mol. The summed E-state index contributed by atoms with van der Waals surface area (Å²) < 4.78 is 39.5. The zero-order chi connectivity index (χ0) is 19.3. The fraction of sp³-hybridized carbons (Fsp3) is 0.250. The van der Waals surface area contributed by atoms with Crippen molar-refractivity contribution in [2.45, 2.75) is 27.4 Å². The molecule has 138 valence electrons. The van der Waals surface area contributed by atoms with Crippen molar-refractivity contribution in [3.05, 3.63) is 58.7 Å². The van der Waals surface area contributed by atoms with Crippen LogP contribution >= 0.6 is 0 Å². The van der Waals surface area contributed by atoms with Crippen LogP contribution in [0.25, 0.3) is 6.08 Å². The van der Waals surface area contributed by atoms with Gasteiger partial charge in [0.15, 0.2) is 11.5 Å². The number of halogens is 2. The third-order valence-corrected chi connectivity index (χ3v) is 3.89. The number of hydrogen-bond acceptors (Lipinski definition) is 4. The zero-order valence-corrected chi connectivity index (χ0v) is 15.0. The van der Waals surface area contributed by atoms with Gasteiger partial charge >= 0.3 is 12.6 Å². The van der Waals surface area contributed by atoms with Crippen LogP contribution in [0.15, 0.2) is 36.4 Å². The number of rotatable bonds is 6. The number of methoxy groups -OCH3 is 1. The van der Waals surface area contributed by atoms with Gasteiger partial charge in [-0.2, -0.15) is 8.78 Å².